The van der Waals surface area contributed by atoms with Crippen LogP contribution in [0, 0.1) is 0 Å². The van der Waals surface area contributed by atoms with Gasteiger partial charge in [-0.2, -0.15) is 0 Å². The molecule has 0 radical (unpaired) electrons. The lowest BCUT2D eigenvalue weighted by atomic mass is 10.4. The average molecular weight is 333 g/mol. The predicted molar refractivity (Wildman–Crippen MR) is 74.8 cm³/mol. The second-order valence-corrected chi connectivity index (χ2v) is 7.10. The number of methoxy groups -OCH3 is 1. The summed E-state index contributed by atoms with van der Waals surface area (Å²) in [6.07, 6.45) is 0.786. The van der Waals surface area contributed by atoms with Gasteiger partial charge in [0, 0.05) is 31.4 Å². The molecule has 0 aliphatic carbocycles. The number of esters is 1. The van der Waals surface area contributed by atoms with Crippen molar-refractivity contribution in [2.75, 3.05) is 51.7 Å². The molecule has 1 rings (SSSR count). The average Bonchev–Trinajstić information content (AvgIpc) is 2.41. The molecule has 1 unspecified atom stereocenters. The molecule has 0 saturated carbocycles. The molecule has 0 spiro atoms. The summed E-state index contributed by atoms with van der Waals surface area (Å²) in [7, 11) is -1.95. The van der Waals surface area contributed by atoms with E-state index in [2.05, 4.69) is 4.74 Å². The fourth-order valence-electron chi connectivity index (χ4n) is 1.84. The topological polar surface area (TPSA) is 59.1 Å². The number of carbonyl (C=O) groups is 1. The maximum Gasteiger partial charge on any atom is 0.346 e. The first kappa shape index (κ1) is 17.2. The van der Waals surface area contributed by atoms with Crippen LogP contribution in [0.25, 0.3) is 0 Å². The van der Waals surface area contributed by atoms with Gasteiger partial charge in [-0.3, -0.25) is 9.36 Å². The van der Waals surface area contributed by atoms with Crippen LogP contribution in [0.3, 0.4) is 0 Å². The Kier molecular flexibility index (Phi) is 7.65. The van der Waals surface area contributed by atoms with Gasteiger partial charge in [-0.05, 0) is 6.42 Å². The summed E-state index contributed by atoms with van der Waals surface area (Å²) in [4.78, 5) is 11.4. The van der Waals surface area contributed by atoms with Crippen molar-refractivity contribution in [3.05, 3.63) is 0 Å². The third kappa shape index (κ3) is 4.59. The van der Waals surface area contributed by atoms with Crippen LogP contribution in [0.2, 0.25) is 0 Å². The van der Waals surface area contributed by atoms with Crippen LogP contribution in [-0.2, 0) is 18.6 Å². The van der Waals surface area contributed by atoms with Crippen molar-refractivity contribution in [1.29, 1.82) is 0 Å². The lowest BCUT2D eigenvalue weighted by molar-refractivity contribution is -0.141. The van der Waals surface area contributed by atoms with E-state index in [0.29, 0.717) is 25.6 Å². The second kappa shape index (κ2) is 8.45. The Morgan fingerprint density at radius 1 is 1.47 bits per heavy atom. The van der Waals surface area contributed by atoms with E-state index in [1.165, 1.54) is 11.8 Å². The Bertz CT molecular complexity index is 343. The quantitative estimate of drug-likeness (QED) is 0.402. The summed E-state index contributed by atoms with van der Waals surface area (Å²) in [5.74, 6) is 0.125. The number of hydrogen-bond acceptors (Lipinski definition) is 4. The Balaban J connectivity index is 2.87. The van der Waals surface area contributed by atoms with Crippen molar-refractivity contribution in [2.24, 2.45) is 0 Å². The highest BCUT2D eigenvalue weighted by atomic mass is 35.5. The SMILES string of the molecule is COC(=O)CN(CCCl)P1(=O)OCCCN1CCCl. The molecule has 1 aliphatic rings. The number of rotatable bonds is 7. The Hall–Kier alpha value is 0.160. The lowest BCUT2D eigenvalue weighted by Gasteiger charge is -2.40. The second-order valence-electron chi connectivity index (χ2n) is 3.97. The monoisotopic (exact) mass is 332 g/mol. The van der Waals surface area contributed by atoms with Crippen molar-refractivity contribution >= 4 is 36.8 Å². The smallest absolute Gasteiger partial charge is 0.346 e. The van der Waals surface area contributed by atoms with Crippen LogP contribution in [0.5, 0.6) is 0 Å². The van der Waals surface area contributed by atoms with Crippen molar-refractivity contribution in [3.8, 4) is 0 Å². The third-order valence-electron chi connectivity index (χ3n) is 2.76. The van der Waals surface area contributed by atoms with E-state index in [-0.39, 0.29) is 19.0 Å². The molecule has 112 valence electrons. The first-order valence-corrected chi connectivity index (χ1v) is 8.62. The summed E-state index contributed by atoms with van der Waals surface area (Å²) < 4.78 is 26.2. The summed E-state index contributed by atoms with van der Waals surface area (Å²) in [5, 5.41) is 0. The van der Waals surface area contributed by atoms with Gasteiger partial charge in [-0.25, -0.2) is 9.34 Å². The van der Waals surface area contributed by atoms with Crippen molar-refractivity contribution < 1.29 is 18.6 Å². The summed E-state index contributed by atoms with van der Waals surface area (Å²) >= 11 is 11.4. The van der Waals surface area contributed by atoms with E-state index < -0.39 is 13.6 Å². The zero-order chi connectivity index (χ0) is 14.3. The predicted octanol–water partition coefficient (Wildman–Crippen LogP) is 1.77. The minimum atomic E-state index is -3.24. The van der Waals surface area contributed by atoms with E-state index in [1.54, 1.807) is 4.67 Å². The molecule has 0 aromatic heterocycles. The van der Waals surface area contributed by atoms with Gasteiger partial charge in [0.15, 0.2) is 0 Å². The maximum atomic E-state index is 13.0. The molecular weight excluding hydrogens is 314 g/mol. The Morgan fingerprint density at radius 3 is 2.79 bits per heavy atom. The van der Waals surface area contributed by atoms with Crippen LogP contribution in [0.1, 0.15) is 6.42 Å². The van der Waals surface area contributed by atoms with Crippen LogP contribution >= 0.6 is 30.9 Å². The van der Waals surface area contributed by atoms with Gasteiger partial charge < -0.3 is 9.26 Å². The molecule has 0 aromatic carbocycles. The van der Waals surface area contributed by atoms with Crippen LogP contribution < -0.4 is 0 Å². The Morgan fingerprint density at radius 2 is 2.21 bits per heavy atom. The molecule has 0 N–H and O–H groups in total. The fraction of sp³-hybridized carbons (Fsp3) is 0.900. The standard InChI is InChI=1S/C10H19Cl2N2O4P/c1-17-10(15)9-14(7-4-12)19(16)13(6-3-11)5-2-8-18-19/h2-9H2,1H3. The van der Waals surface area contributed by atoms with E-state index in [0.717, 1.165) is 6.42 Å². The number of carbonyl (C=O) groups excluding carboxylic acids is 1. The molecule has 0 aromatic rings. The van der Waals surface area contributed by atoms with E-state index >= 15 is 0 Å². The highest BCUT2D eigenvalue weighted by molar-refractivity contribution is 7.54. The molecule has 0 bridgehead atoms. The van der Waals surface area contributed by atoms with E-state index in [1.807, 2.05) is 0 Å². The summed E-state index contributed by atoms with van der Waals surface area (Å²) in [5.41, 5.74) is 0. The van der Waals surface area contributed by atoms with Crippen molar-refractivity contribution in [1.82, 2.24) is 9.34 Å². The van der Waals surface area contributed by atoms with E-state index in [4.69, 9.17) is 27.7 Å². The van der Waals surface area contributed by atoms with Crippen LogP contribution in [-0.4, -0.2) is 67.0 Å². The molecular formula is C10H19Cl2N2O4P. The minimum absolute atomic E-state index is 0.112. The van der Waals surface area contributed by atoms with Gasteiger partial charge in [0.1, 0.15) is 6.54 Å². The lowest BCUT2D eigenvalue weighted by Crippen LogP contribution is -2.41. The van der Waals surface area contributed by atoms with Crippen LogP contribution in [0.15, 0.2) is 0 Å². The molecule has 1 fully saturated rings. The van der Waals surface area contributed by atoms with Gasteiger partial charge in [0.25, 0.3) is 0 Å². The van der Waals surface area contributed by atoms with Gasteiger partial charge >= 0.3 is 13.6 Å². The van der Waals surface area contributed by atoms with Gasteiger partial charge in [0.2, 0.25) is 0 Å². The number of hydrogen-bond donors (Lipinski definition) is 0. The highest BCUT2D eigenvalue weighted by Crippen LogP contribution is 2.56. The molecule has 19 heavy (non-hydrogen) atoms. The van der Waals surface area contributed by atoms with Gasteiger partial charge in [-0.1, -0.05) is 0 Å². The molecule has 1 heterocycles. The molecule has 0 amide bonds. The van der Waals surface area contributed by atoms with Gasteiger partial charge in [0.05, 0.1) is 13.7 Å². The minimum Gasteiger partial charge on any atom is -0.468 e. The largest absolute Gasteiger partial charge is 0.468 e. The summed E-state index contributed by atoms with van der Waals surface area (Å²) in [6, 6.07) is 0. The third-order valence-corrected chi connectivity index (χ3v) is 5.79. The van der Waals surface area contributed by atoms with Crippen LogP contribution in [0.4, 0.5) is 0 Å². The number of halogens is 2. The molecule has 6 nitrogen and oxygen atoms in total. The normalized spacial score (nSPS) is 24.6. The molecule has 1 aliphatic heterocycles. The number of alkyl halides is 2. The van der Waals surface area contributed by atoms with Crippen molar-refractivity contribution in [3.63, 3.8) is 0 Å². The van der Waals surface area contributed by atoms with Gasteiger partial charge in [-0.15, -0.1) is 23.2 Å². The molecule has 1 saturated heterocycles. The first-order chi connectivity index (χ1) is 9.08. The zero-order valence-corrected chi connectivity index (χ0v) is 13.3. The zero-order valence-electron chi connectivity index (χ0n) is 10.9. The van der Waals surface area contributed by atoms with Crippen molar-refractivity contribution in [2.45, 2.75) is 6.42 Å². The number of nitrogens with zero attached hydrogens (tertiary/aromatic N) is 2. The fourth-order valence-corrected chi connectivity index (χ4v) is 4.93. The first-order valence-electron chi connectivity index (χ1n) is 6.02. The number of ether oxygens (including phenoxy) is 1. The maximum absolute atomic E-state index is 13.0. The van der Waals surface area contributed by atoms with E-state index in [9.17, 15) is 9.36 Å². The summed E-state index contributed by atoms with van der Waals surface area (Å²) in [6.45, 7) is 1.64. The molecule has 9 heteroatoms. The highest BCUT2D eigenvalue weighted by Gasteiger charge is 2.41. The Labute approximate surface area is 123 Å². The molecule has 1 atom stereocenters.